The van der Waals surface area contributed by atoms with Gasteiger partial charge in [-0.25, -0.2) is 4.98 Å². The lowest BCUT2D eigenvalue weighted by atomic mass is 10.1. The molecule has 0 radical (unpaired) electrons. The number of nitrogens with two attached hydrogens (primary N) is 1. The normalized spacial score (nSPS) is 9.35. The van der Waals surface area contributed by atoms with Gasteiger partial charge in [-0.15, -0.1) is 24.8 Å². The molecular weight excluding hydrogens is 259 g/mol. The zero-order valence-electron chi connectivity index (χ0n) is 9.77. The zero-order valence-corrected chi connectivity index (χ0v) is 11.4. The molecule has 0 saturated carbocycles. The van der Waals surface area contributed by atoms with Crippen molar-refractivity contribution in [3.8, 4) is 11.3 Å². The van der Waals surface area contributed by atoms with Crippen molar-refractivity contribution < 1.29 is 4.42 Å². The third kappa shape index (κ3) is 3.46. The number of hydrogen-bond donors (Lipinski definition) is 1. The quantitative estimate of drug-likeness (QED) is 0.915. The molecule has 0 aliphatic rings. The van der Waals surface area contributed by atoms with Crippen LogP contribution in [0.2, 0.25) is 0 Å². The molecule has 17 heavy (non-hydrogen) atoms. The van der Waals surface area contributed by atoms with Crippen LogP contribution in [-0.2, 0) is 6.54 Å². The second kappa shape index (κ2) is 6.64. The van der Waals surface area contributed by atoms with Gasteiger partial charge in [0.1, 0.15) is 11.5 Å². The molecule has 1 aromatic carbocycles. The van der Waals surface area contributed by atoms with Gasteiger partial charge in [0.2, 0.25) is 0 Å². The largest absolute Gasteiger partial charge is 0.444 e. The van der Waals surface area contributed by atoms with E-state index in [1.165, 1.54) is 5.56 Å². The Balaban J connectivity index is 0.00000128. The van der Waals surface area contributed by atoms with Crippen molar-refractivity contribution >= 4 is 24.8 Å². The van der Waals surface area contributed by atoms with Gasteiger partial charge in [0.05, 0.1) is 6.54 Å². The van der Waals surface area contributed by atoms with Crippen LogP contribution in [0.5, 0.6) is 0 Å². The maximum atomic E-state index is 5.61. The van der Waals surface area contributed by atoms with E-state index in [9.17, 15) is 0 Å². The molecule has 0 saturated heterocycles. The van der Waals surface area contributed by atoms with Crippen LogP contribution in [0.1, 0.15) is 17.2 Å². The molecule has 0 atom stereocenters. The molecule has 1 heterocycles. The third-order valence-electron chi connectivity index (χ3n) is 2.28. The Morgan fingerprint density at radius 1 is 1.24 bits per heavy atom. The monoisotopic (exact) mass is 274 g/mol. The van der Waals surface area contributed by atoms with Crippen LogP contribution < -0.4 is 5.73 Å². The molecule has 0 fully saturated rings. The molecule has 2 aromatic rings. The first-order valence-corrected chi connectivity index (χ1v) is 4.94. The van der Waals surface area contributed by atoms with E-state index in [2.05, 4.69) is 24.0 Å². The van der Waals surface area contributed by atoms with Gasteiger partial charge in [0.25, 0.3) is 0 Å². The first kappa shape index (κ1) is 16.0. The molecule has 0 aliphatic carbocycles. The average molecular weight is 275 g/mol. The molecule has 0 unspecified atom stereocenters. The number of aryl methyl sites for hydroxylation is 2. The van der Waals surface area contributed by atoms with Crippen molar-refractivity contribution in [3.63, 3.8) is 0 Å². The summed E-state index contributed by atoms with van der Waals surface area (Å²) in [4.78, 5) is 4.35. The number of benzene rings is 1. The maximum absolute atomic E-state index is 5.61. The minimum atomic E-state index is 0. The van der Waals surface area contributed by atoms with E-state index < -0.39 is 0 Å². The molecular formula is C12H16Cl2N2O. The molecule has 2 N–H and O–H groups in total. The summed E-state index contributed by atoms with van der Waals surface area (Å²) in [5.74, 6) is 1.41. The van der Waals surface area contributed by atoms with Gasteiger partial charge in [-0.2, -0.15) is 0 Å². The average Bonchev–Trinajstić information content (AvgIpc) is 2.59. The van der Waals surface area contributed by atoms with Crippen LogP contribution >= 0.6 is 24.8 Å². The highest BCUT2D eigenvalue weighted by Gasteiger charge is 2.11. The first-order chi connectivity index (χ1) is 7.20. The van der Waals surface area contributed by atoms with E-state index in [1.54, 1.807) is 0 Å². The van der Waals surface area contributed by atoms with Crippen molar-refractivity contribution in [3.05, 3.63) is 41.5 Å². The highest BCUT2D eigenvalue weighted by atomic mass is 35.5. The maximum Gasteiger partial charge on any atom is 0.191 e. The summed E-state index contributed by atoms with van der Waals surface area (Å²) in [6.45, 7) is 4.27. The van der Waals surface area contributed by atoms with Crippen molar-refractivity contribution in [2.24, 2.45) is 5.73 Å². The smallest absolute Gasteiger partial charge is 0.191 e. The van der Waals surface area contributed by atoms with Crippen molar-refractivity contribution in [2.45, 2.75) is 20.4 Å². The molecule has 0 bridgehead atoms. The molecule has 94 valence electrons. The predicted octanol–water partition coefficient (Wildman–Crippen LogP) is 3.26. The van der Waals surface area contributed by atoms with E-state index >= 15 is 0 Å². The predicted molar refractivity (Wildman–Crippen MR) is 73.8 cm³/mol. The number of rotatable bonds is 2. The number of aromatic nitrogens is 1. The number of oxazole rings is 1. The van der Waals surface area contributed by atoms with Gasteiger partial charge in [-0.05, 0) is 13.0 Å². The fourth-order valence-corrected chi connectivity index (χ4v) is 1.63. The van der Waals surface area contributed by atoms with Crippen LogP contribution in [0, 0.1) is 13.8 Å². The summed E-state index contributed by atoms with van der Waals surface area (Å²) in [5.41, 5.74) is 8.73. The molecule has 0 aliphatic heterocycles. The summed E-state index contributed by atoms with van der Waals surface area (Å²) in [6.07, 6.45) is 0. The third-order valence-corrected chi connectivity index (χ3v) is 2.28. The molecule has 3 nitrogen and oxygen atoms in total. The summed E-state index contributed by atoms with van der Waals surface area (Å²) < 4.78 is 5.42. The van der Waals surface area contributed by atoms with E-state index in [0.717, 1.165) is 17.0 Å². The highest BCUT2D eigenvalue weighted by molar-refractivity contribution is 5.85. The summed E-state index contributed by atoms with van der Waals surface area (Å²) in [6, 6.07) is 8.16. The summed E-state index contributed by atoms with van der Waals surface area (Å²) in [7, 11) is 0. The number of hydrogen-bond acceptors (Lipinski definition) is 3. The summed E-state index contributed by atoms with van der Waals surface area (Å²) >= 11 is 0. The Labute approximate surface area is 113 Å². The Kier molecular flexibility index (Phi) is 6.24. The Morgan fingerprint density at radius 3 is 2.53 bits per heavy atom. The van der Waals surface area contributed by atoms with E-state index in [4.69, 9.17) is 10.2 Å². The Hall–Kier alpha value is -1.03. The van der Waals surface area contributed by atoms with Crippen molar-refractivity contribution in [1.29, 1.82) is 0 Å². The molecule has 0 amide bonds. The molecule has 0 spiro atoms. The van der Waals surface area contributed by atoms with E-state index in [-0.39, 0.29) is 24.8 Å². The van der Waals surface area contributed by atoms with Gasteiger partial charge in [-0.1, -0.05) is 23.8 Å². The Morgan fingerprint density at radius 2 is 1.94 bits per heavy atom. The van der Waals surface area contributed by atoms with Crippen LogP contribution in [0.3, 0.4) is 0 Å². The minimum Gasteiger partial charge on any atom is -0.444 e. The zero-order chi connectivity index (χ0) is 10.8. The highest BCUT2D eigenvalue weighted by Crippen LogP contribution is 2.24. The molecule has 2 rings (SSSR count). The lowest BCUT2D eigenvalue weighted by Gasteiger charge is -1.99. The lowest BCUT2D eigenvalue weighted by Crippen LogP contribution is -1.96. The van der Waals surface area contributed by atoms with Crippen LogP contribution in [0.4, 0.5) is 0 Å². The van der Waals surface area contributed by atoms with Crippen molar-refractivity contribution in [1.82, 2.24) is 4.98 Å². The van der Waals surface area contributed by atoms with Gasteiger partial charge in [0, 0.05) is 12.5 Å². The number of halogens is 2. The minimum absolute atomic E-state index is 0. The second-order valence-corrected chi connectivity index (χ2v) is 3.58. The van der Waals surface area contributed by atoms with Crippen molar-refractivity contribution in [2.75, 3.05) is 0 Å². The van der Waals surface area contributed by atoms with Crippen LogP contribution in [0.25, 0.3) is 11.3 Å². The van der Waals surface area contributed by atoms with E-state index in [0.29, 0.717) is 12.4 Å². The van der Waals surface area contributed by atoms with Crippen LogP contribution in [-0.4, -0.2) is 4.98 Å². The first-order valence-electron chi connectivity index (χ1n) is 4.94. The Bertz CT molecular complexity index is 483. The molecule has 5 heteroatoms. The fraction of sp³-hybridized carbons (Fsp3) is 0.250. The van der Waals surface area contributed by atoms with Gasteiger partial charge >= 0.3 is 0 Å². The van der Waals surface area contributed by atoms with Gasteiger partial charge in [-0.3, -0.25) is 0 Å². The lowest BCUT2D eigenvalue weighted by molar-refractivity contribution is 0.477. The fourth-order valence-electron chi connectivity index (χ4n) is 1.63. The second-order valence-electron chi connectivity index (χ2n) is 3.58. The van der Waals surface area contributed by atoms with E-state index in [1.807, 2.05) is 19.1 Å². The SMILES string of the molecule is Cc1cccc(-c2nc(C)oc2CN)c1.Cl.Cl. The summed E-state index contributed by atoms with van der Waals surface area (Å²) in [5, 5.41) is 0. The molecule has 1 aromatic heterocycles. The topological polar surface area (TPSA) is 52.0 Å². The number of nitrogens with zero attached hydrogens (tertiary/aromatic N) is 1. The van der Waals surface area contributed by atoms with Gasteiger partial charge < -0.3 is 10.2 Å². The standard InChI is InChI=1S/C12H14N2O.2ClH/c1-8-4-3-5-10(6-8)12-11(7-13)15-9(2)14-12;;/h3-6H,7,13H2,1-2H3;2*1H. The van der Waals surface area contributed by atoms with Gasteiger partial charge in [0.15, 0.2) is 5.89 Å². The van der Waals surface area contributed by atoms with Crippen LogP contribution in [0.15, 0.2) is 28.7 Å².